The molecule has 0 bridgehead atoms. The standard InChI is InChI=1S/C21H16O6.C18H13Br.C18H15N.C13H8OS3/c1-13-12-18(26-20(24)14-2-6-16(22)7-3-14)10-11-19(13)27-21(25)15-4-8-17(23)9-5-15;2*19-18-12-10-17(11-13-18)16-8-6-15(7-9-16)14-4-2-1-3-5-14;14-8-9-3-4-12(16-9)13-6-5-11(17-13)10-2-1-7-15-10/h2-12,22-23H,1H3;1-13H;1-13H,19H2;1-8H. The summed E-state index contributed by atoms with van der Waals surface area (Å²) in [5.74, 6) is -0.382. The minimum absolute atomic E-state index is 0.0576. The smallest absolute Gasteiger partial charge is 0.343 e. The lowest BCUT2D eigenvalue weighted by atomic mass is 10.0. The van der Waals surface area contributed by atoms with Gasteiger partial charge in [0.1, 0.15) is 23.0 Å². The van der Waals surface area contributed by atoms with E-state index in [1.807, 2.05) is 48.5 Å². The molecule has 12 rings (SSSR count). The number of aldehydes is 1. The molecule has 0 saturated carbocycles. The topological polar surface area (TPSA) is 136 Å². The first kappa shape index (κ1) is 57.3. The Morgan fingerprint density at radius 2 is 0.854 bits per heavy atom. The summed E-state index contributed by atoms with van der Waals surface area (Å²) in [5, 5.41) is 20.6. The molecule has 0 aliphatic heterocycles. The van der Waals surface area contributed by atoms with Gasteiger partial charge < -0.3 is 25.4 Å². The van der Waals surface area contributed by atoms with Gasteiger partial charge in [-0.2, -0.15) is 0 Å². The number of phenols is 2. The van der Waals surface area contributed by atoms with Crippen molar-refractivity contribution in [3.63, 3.8) is 0 Å². The largest absolute Gasteiger partial charge is 0.508 e. The lowest BCUT2D eigenvalue weighted by molar-refractivity contribution is 0.0718. The molecule has 8 nitrogen and oxygen atoms in total. The number of carbonyl (C=O) groups excluding carboxylic acids is 3. The Morgan fingerprint density at radius 1 is 0.439 bits per heavy atom. The maximum Gasteiger partial charge on any atom is 0.343 e. The molecule has 0 saturated heterocycles. The molecule has 12 heteroatoms. The van der Waals surface area contributed by atoms with E-state index in [1.54, 1.807) is 47.0 Å². The van der Waals surface area contributed by atoms with Crippen LogP contribution in [-0.2, 0) is 0 Å². The summed E-state index contributed by atoms with van der Waals surface area (Å²) in [5.41, 5.74) is 17.6. The van der Waals surface area contributed by atoms with Gasteiger partial charge in [0.2, 0.25) is 0 Å². The first-order valence-electron chi connectivity index (χ1n) is 25.7. The molecule has 3 heterocycles. The number of hydrogen-bond donors (Lipinski definition) is 3. The lowest BCUT2D eigenvalue weighted by Gasteiger charge is -2.10. The number of anilines is 1. The van der Waals surface area contributed by atoms with E-state index in [-0.39, 0.29) is 11.5 Å². The van der Waals surface area contributed by atoms with E-state index in [0.29, 0.717) is 28.2 Å². The van der Waals surface area contributed by atoms with E-state index in [9.17, 15) is 24.6 Å². The van der Waals surface area contributed by atoms with Crippen molar-refractivity contribution in [1.29, 1.82) is 0 Å². The summed E-state index contributed by atoms with van der Waals surface area (Å²) >= 11 is 8.53. The van der Waals surface area contributed by atoms with Gasteiger partial charge in [0.25, 0.3) is 0 Å². The van der Waals surface area contributed by atoms with Crippen molar-refractivity contribution in [2.24, 2.45) is 0 Å². The molecule has 0 spiro atoms. The quantitative estimate of drug-likeness (QED) is 0.0504. The number of esters is 2. The Morgan fingerprint density at radius 3 is 1.29 bits per heavy atom. The molecular formula is C70H52BrNO7S3. The van der Waals surface area contributed by atoms with Crippen LogP contribution in [0, 0.1) is 6.92 Å². The van der Waals surface area contributed by atoms with Crippen LogP contribution >= 0.6 is 49.9 Å². The van der Waals surface area contributed by atoms with Gasteiger partial charge in [-0.3, -0.25) is 4.79 Å². The summed E-state index contributed by atoms with van der Waals surface area (Å²) in [7, 11) is 0. The summed E-state index contributed by atoms with van der Waals surface area (Å²) in [6.45, 7) is 1.72. The van der Waals surface area contributed by atoms with Crippen LogP contribution in [0.15, 0.2) is 271 Å². The Balaban J connectivity index is 0.000000134. The van der Waals surface area contributed by atoms with Crippen LogP contribution in [0.5, 0.6) is 23.0 Å². The van der Waals surface area contributed by atoms with Gasteiger partial charge in [-0.05, 0) is 184 Å². The first-order valence-corrected chi connectivity index (χ1v) is 29.0. The van der Waals surface area contributed by atoms with Crippen LogP contribution < -0.4 is 15.2 Å². The number of aromatic hydroxyl groups is 2. The van der Waals surface area contributed by atoms with E-state index < -0.39 is 11.9 Å². The maximum absolute atomic E-state index is 12.1. The molecule has 404 valence electrons. The minimum atomic E-state index is -0.566. The number of carbonyl (C=O) groups is 3. The third-order valence-corrected chi connectivity index (χ3v) is 16.4. The van der Waals surface area contributed by atoms with Gasteiger partial charge in [0.05, 0.1) is 16.0 Å². The molecule has 3 aromatic heterocycles. The molecule has 0 atom stereocenters. The second-order valence-electron chi connectivity index (χ2n) is 18.3. The SMILES string of the molecule is Brc1ccc(-c2ccc(-c3ccccc3)cc2)cc1.Cc1cc(OC(=O)c2ccc(O)cc2)ccc1OC(=O)c1ccc(O)cc1.Nc1ccc(-c2ccc(-c3ccccc3)cc2)cc1.O=Cc1ccc(-c2ccc(-c3cccs3)s2)s1. The number of phenolic OH excluding ortho intramolecular Hbond substituents is 2. The molecule has 12 aromatic rings. The number of nitrogen functional groups attached to an aromatic ring is 1. The zero-order valence-corrected chi connectivity index (χ0v) is 48.1. The fourth-order valence-corrected chi connectivity index (χ4v) is 11.2. The summed E-state index contributed by atoms with van der Waals surface area (Å²) < 4.78 is 11.7. The van der Waals surface area contributed by atoms with E-state index in [0.717, 1.165) is 21.3 Å². The number of hydrogen-bond acceptors (Lipinski definition) is 11. The highest BCUT2D eigenvalue weighted by Crippen LogP contribution is 2.39. The van der Waals surface area contributed by atoms with E-state index >= 15 is 0 Å². The summed E-state index contributed by atoms with van der Waals surface area (Å²) in [6.07, 6.45) is 0.905. The number of thiophene rings is 3. The van der Waals surface area contributed by atoms with Crippen LogP contribution in [0.3, 0.4) is 0 Å². The van der Waals surface area contributed by atoms with Crippen molar-refractivity contribution >= 4 is 73.9 Å². The Hall–Kier alpha value is -9.43. The van der Waals surface area contributed by atoms with Gasteiger partial charge in [0, 0.05) is 29.7 Å². The molecule has 0 aliphatic carbocycles. The Kier molecular flexibility index (Phi) is 19.6. The molecule has 4 N–H and O–H groups in total. The fourth-order valence-electron chi connectivity index (χ4n) is 8.18. The van der Waals surface area contributed by atoms with Crippen LogP contribution in [0.1, 0.15) is 36.0 Å². The van der Waals surface area contributed by atoms with Gasteiger partial charge in [-0.15, -0.1) is 34.0 Å². The summed E-state index contributed by atoms with van der Waals surface area (Å²) in [6, 6.07) is 82.9. The minimum Gasteiger partial charge on any atom is -0.508 e. The van der Waals surface area contributed by atoms with Crippen molar-refractivity contribution < 1.29 is 34.1 Å². The van der Waals surface area contributed by atoms with Crippen LogP contribution in [0.25, 0.3) is 64.0 Å². The number of nitrogens with two attached hydrogens (primary N) is 1. The molecule has 82 heavy (non-hydrogen) atoms. The number of halogens is 1. The zero-order chi connectivity index (χ0) is 57.2. The Labute approximate surface area is 496 Å². The maximum atomic E-state index is 12.1. The van der Waals surface area contributed by atoms with Crippen molar-refractivity contribution in [2.45, 2.75) is 6.92 Å². The third-order valence-electron chi connectivity index (χ3n) is 12.5. The van der Waals surface area contributed by atoms with Crippen molar-refractivity contribution in [3.8, 4) is 87.0 Å². The van der Waals surface area contributed by atoms with Gasteiger partial charge in [-0.1, -0.05) is 155 Å². The van der Waals surface area contributed by atoms with Crippen LogP contribution in [0.4, 0.5) is 5.69 Å². The van der Waals surface area contributed by atoms with E-state index in [2.05, 4.69) is 167 Å². The predicted octanol–water partition coefficient (Wildman–Crippen LogP) is 19.2. The molecule has 0 fully saturated rings. The number of rotatable bonds is 11. The van der Waals surface area contributed by atoms with Crippen molar-refractivity contribution in [3.05, 3.63) is 292 Å². The van der Waals surface area contributed by atoms with E-state index in [4.69, 9.17) is 15.2 Å². The second-order valence-corrected chi connectivity index (χ2v) is 22.3. The second kappa shape index (κ2) is 28.1. The fraction of sp³-hybridized carbons (Fsp3) is 0.0143. The number of ether oxygens (including phenoxy) is 2. The third kappa shape index (κ3) is 15.9. The number of benzene rings is 9. The normalized spacial score (nSPS) is 10.4. The molecule has 9 aromatic carbocycles. The Bertz CT molecular complexity index is 3850. The monoisotopic (exact) mass is 1190 g/mol. The number of aryl methyl sites for hydroxylation is 1. The molecule has 0 radical (unpaired) electrons. The van der Waals surface area contributed by atoms with Crippen molar-refractivity contribution in [1.82, 2.24) is 0 Å². The predicted molar refractivity (Wildman–Crippen MR) is 340 cm³/mol. The highest BCUT2D eigenvalue weighted by atomic mass is 79.9. The van der Waals surface area contributed by atoms with Crippen LogP contribution in [0.2, 0.25) is 0 Å². The van der Waals surface area contributed by atoms with Gasteiger partial charge >= 0.3 is 11.9 Å². The molecule has 0 amide bonds. The van der Waals surface area contributed by atoms with Gasteiger partial charge in [-0.25, -0.2) is 9.59 Å². The highest BCUT2D eigenvalue weighted by molar-refractivity contribution is 9.10. The molecular weight excluding hydrogens is 1140 g/mol. The zero-order valence-electron chi connectivity index (χ0n) is 44.1. The first-order chi connectivity index (χ1) is 39.9. The van der Waals surface area contributed by atoms with Gasteiger partial charge in [0.15, 0.2) is 6.29 Å². The van der Waals surface area contributed by atoms with E-state index in [1.165, 1.54) is 125 Å². The van der Waals surface area contributed by atoms with Crippen molar-refractivity contribution in [2.75, 3.05) is 5.73 Å². The molecule has 0 unspecified atom stereocenters. The lowest BCUT2D eigenvalue weighted by Crippen LogP contribution is -2.10. The molecule has 0 aliphatic rings. The average Bonchev–Trinajstić information content (AvgIpc) is 4.40. The average molecular weight is 1200 g/mol. The highest BCUT2D eigenvalue weighted by Gasteiger charge is 2.14. The summed E-state index contributed by atoms with van der Waals surface area (Å²) in [4.78, 5) is 40.7. The van der Waals surface area contributed by atoms with Crippen LogP contribution in [-0.4, -0.2) is 28.4 Å².